The quantitative estimate of drug-likeness (QED) is 0.895. The number of amides is 1. The molecule has 1 heterocycles. The molecule has 0 aliphatic carbocycles. The van der Waals surface area contributed by atoms with Crippen LogP contribution in [-0.4, -0.2) is 47.7 Å². The number of piperidine rings is 1. The number of ether oxygens (including phenoxy) is 1. The minimum absolute atomic E-state index is 0.0445. The summed E-state index contributed by atoms with van der Waals surface area (Å²) < 4.78 is 19.6. The fraction of sp³-hybridized carbons (Fsp3) is 0.429. The molecule has 0 bridgehead atoms. The van der Waals surface area contributed by atoms with Crippen molar-refractivity contribution in [1.29, 1.82) is 0 Å². The summed E-state index contributed by atoms with van der Waals surface area (Å²) in [5.74, 6) is -1.92. The maximum atomic E-state index is 13.8. The summed E-state index contributed by atoms with van der Waals surface area (Å²) in [4.78, 5) is 24.2. The lowest BCUT2D eigenvalue weighted by atomic mass is 10.1. The summed E-state index contributed by atoms with van der Waals surface area (Å²) in [6, 6.07) is 4.34. The molecule has 21 heavy (non-hydrogen) atoms. The van der Waals surface area contributed by atoms with E-state index < -0.39 is 11.8 Å². The Morgan fingerprint density at radius 3 is 2.62 bits per heavy atom. The van der Waals surface area contributed by atoms with Crippen LogP contribution in [0.25, 0.3) is 0 Å². The summed E-state index contributed by atoms with van der Waals surface area (Å²) in [6.45, 7) is 0.525. The van der Waals surface area contributed by atoms with Crippen LogP contribution in [0, 0.1) is 5.82 Å². The SMILES string of the molecule is O=C(O)COC1CCN(C(=O)c2ccc(Br)cc2F)CC1. The third-order valence-corrected chi connectivity index (χ3v) is 3.83. The first-order valence-electron chi connectivity index (χ1n) is 6.55. The molecule has 114 valence electrons. The second-order valence-corrected chi connectivity index (χ2v) is 5.74. The van der Waals surface area contributed by atoms with Crippen molar-refractivity contribution in [3.05, 3.63) is 34.1 Å². The standard InChI is InChI=1S/C14H15BrFNO4/c15-9-1-2-11(12(16)7-9)14(20)17-5-3-10(4-6-17)21-8-13(18)19/h1-2,7,10H,3-6,8H2,(H,18,19). The van der Waals surface area contributed by atoms with E-state index in [-0.39, 0.29) is 24.2 Å². The smallest absolute Gasteiger partial charge is 0.329 e. The van der Waals surface area contributed by atoms with Crippen LogP contribution in [-0.2, 0) is 9.53 Å². The van der Waals surface area contributed by atoms with Gasteiger partial charge in [-0.3, -0.25) is 4.79 Å². The van der Waals surface area contributed by atoms with Gasteiger partial charge in [0.2, 0.25) is 0 Å². The molecule has 5 nitrogen and oxygen atoms in total. The molecule has 0 spiro atoms. The predicted molar refractivity (Wildman–Crippen MR) is 76.6 cm³/mol. The van der Waals surface area contributed by atoms with Gasteiger partial charge in [0.25, 0.3) is 5.91 Å². The zero-order chi connectivity index (χ0) is 15.4. The van der Waals surface area contributed by atoms with Gasteiger partial charge in [-0.05, 0) is 31.0 Å². The Balaban J connectivity index is 1.92. The van der Waals surface area contributed by atoms with Crippen LogP contribution in [0.3, 0.4) is 0 Å². The Hall–Kier alpha value is -1.47. The zero-order valence-electron chi connectivity index (χ0n) is 11.2. The Labute approximate surface area is 129 Å². The molecule has 2 rings (SSSR count). The van der Waals surface area contributed by atoms with E-state index in [1.54, 1.807) is 11.0 Å². The first-order valence-corrected chi connectivity index (χ1v) is 7.34. The molecule has 1 aliphatic rings. The molecule has 0 aromatic heterocycles. The van der Waals surface area contributed by atoms with E-state index in [9.17, 15) is 14.0 Å². The van der Waals surface area contributed by atoms with Crippen molar-refractivity contribution in [3.8, 4) is 0 Å². The number of carbonyl (C=O) groups excluding carboxylic acids is 1. The summed E-state index contributed by atoms with van der Waals surface area (Å²) in [5, 5.41) is 8.55. The molecule has 0 unspecified atom stereocenters. The van der Waals surface area contributed by atoms with Crippen molar-refractivity contribution < 1.29 is 23.8 Å². The number of hydrogen-bond donors (Lipinski definition) is 1. The van der Waals surface area contributed by atoms with Crippen LogP contribution >= 0.6 is 15.9 Å². The van der Waals surface area contributed by atoms with Crippen molar-refractivity contribution in [1.82, 2.24) is 4.90 Å². The second kappa shape index (κ2) is 7.00. The fourth-order valence-corrected chi connectivity index (χ4v) is 2.58. The molecule has 1 saturated heterocycles. The van der Waals surface area contributed by atoms with Crippen LogP contribution in [0.2, 0.25) is 0 Å². The van der Waals surface area contributed by atoms with Crippen molar-refractivity contribution in [2.75, 3.05) is 19.7 Å². The maximum Gasteiger partial charge on any atom is 0.329 e. The topological polar surface area (TPSA) is 66.8 Å². The number of nitrogens with zero attached hydrogens (tertiary/aromatic N) is 1. The number of rotatable bonds is 4. The lowest BCUT2D eigenvalue weighted by molar-refractivity contribution is -0.145. The minimum atomic E-state index is -1.01. The Kier molecular flexibility index (Phi) is 5.30. The van der Waals surface area contributed by atoms with Gasteiger partial charge in [0, 0.05) is 17.6 Å². The number of carboxylic acid groups (broad SMARTS) is 1. The first kappa shape index (κ1) is 15.9. The Morgan fingerprint density at radius 1 is 1.38 bits per heavy atom. The molecule has 0 atom stereocenters. The predicted octanol–water partition coefficient (Wildman–Crippen LogP) is 2.29. The van der Waals surface area contributed by atoms with Crippen molar-refractivity contribution in [3.63, 3.8) is 0 Å². The highest BCUT2D eigenvalue weighted by Gasteiger charge is 2.26. The van der Waals surface area contributed by atoms with E-state index >= 15 is 0 Å². The molecule has 1 fully saturated rings. The lowest BCUT2D eigenvalue weighted by Crippen LogP contribution is -2.41. The molecular formula is C14H15BrFNO4. The zero-order valence-corrected chi connectivity index (χ0v) is 12.8. The van der Waals surface area contributed by atoms with E-state index in [0.29, 0.717) is 30.4 Å². The van der Waals surface area contributed by atoms with E-state index in [1.165, 1.54) is 12.1 Å². The number of halogens is 2. The first-order chi connectivity index (χ1) is 9.97. The highest BCUT2D eigenvalue weighted by Crippen LogP contribution is 2.20. The van der Waals surface area contributed by atoms with Gasteiger partial charge in [0.15, 0.2) is 0 Å². The largest absolute Gasteiger partial charge is 0.480 e. The highest BCUT2D eigenvalue weighted by molar-refractivity contribution is 9.10. The number of likely N-dealkylation sites (tertiary alicyclic amines) is 1. The van der Waals surface area contributed by atoms with Gasteiger partial charge < -0.3 is 14.7 Å². The monoisotopic (exact) mass is 359 g/mol. The number of benzene rings is 1. The normalized spacial score (nSPS) is 16.0. The minimum Gasteiger partial charge on any atom is -0.480 e. The summed E-state index contributed by atoms with van der Waals surface area (Å²) in [5.41, 5.74) is 0.0445. The average Bonchev–Trinajstić information content (AvgIpc) is 2.45. The van der Waals surface area contributed by atoms with Gasteiger partial charge >= 0.3 is 5.97 Å². The molecule has 0 radical (unpaired) electrons. The van der Waals surface area contributed by atoms with Gasteiger partial charge in [0.1, 0.15) is 12.4 Å². The number of carboxylic acids is 1. The van der Waals surface area contributed by atoms with Crippen molar-refractivity contribution in [2.45, 2.75) is 18.9 Å². The molecule has 0 saturated carbocycles. The molecule has 7 heteroatoms. The third-order valence-electron chi connectivity index (χ3n) is 3.33. The highest BCUT2D eigenvalue weighted by atomic mass is 79.9. The number of hydrogen-bond acceptors (Lipinski definition) is 3. The van der Waals surface area contributed by atoms with Gasteiger partial charge in [-0.2, -0.15) is 0 Å². The number of carbonyl (C=O) groups is 2. The molecule has 1 N–H and O–H groups in total. The lowest BCUT2D eigenvalue weighted by Gasteiger charge is -2.31. The summed E-state index contributed by atoms with van der Waals surface area (Å²) >= 11 is 3.15. The van der Waals surface area contributed by atoms with E-state index in [0.717, 1.165) is 0 Å². The van der Waals surface area contributed by atoms with E-state index in [2.05, 4.69) is 15.9 Å². The van der Waals surface area contributed by atoms with Crippen molar-refractivity contribution in [2.24, 2.45) is 0 Å². The van der Waals surface area contributed by atoms with Gasteiger partial charge in [0.05, 0.1) is 11.7 Å². The van der Waals surface area contributed by atoms with Crippen molar-refractivity contribution >= 4 is 27.8 Å². The van der Waals surface area contributed by atoms with Gasteiger partial charge in [-0.15, -0.1) is 0 Å². The molecule has 1 aromatic rings. The van der Waals surface area contributed by atoms with E-state index in [1.807, 2.05) is 0 Å². The van der Waals surface area contributed by atoms with Gasteiger partial charge in [-0.25, -0.2) is 9.18 Å². The van der Waals surface area contributed by atoms with Gasteiger partial charge in [-0.1, -0.05) is 15.9 Å². The molecule has 1 aliphatic heterocycles. The van der Waals surface area contributed by atoms with Crippen LogP contribution < -0.4 is 0 Å². The Morgan fingerprint density at radius 2 is 2.05 bits per heavy atom. The Bertz CT molecular complexity index is 544. The second-order valence-electron chi connectivity index (χ2n) is 4.82. The molecule has 1 aromatic carbocycles. The average molecular weight is 360 g/mol. The van der Waals surface area contributed by atoms with Crippen LogP contribution in [0.5, 0.6) is 0 Å². The van der Waals surface area contributed by atoms with E-state index in [4.69, 9.17) is 9.84 Å². The maximum absolute atomic E-state index is 13.8. The van der Waals surface area contributed by atoms with Crippen LogP contribution in [0.4, 0.5) is 4.39 Å². The van der Waals surface area contributed by atoms with Crippen LogP contribution in [0.15, 0.2) is 22.7 Å². The molecule has 1 amide bonds. The third kappa shape index (κ3) is 4.25. The molecular weight excluding hydrogens is 345 g/mol. The van der Waals surface area contributed by atoms with Crippen LogP contribution in [0.1, 0.15) is 23.2 Å². The number of aliphatic carboxylic acids is 1. The summed E-state index contributed by atoms with van der Waals surface area (Å²) in [7, 11) is 0. The summed E-state index contributed by atoms with van der Waals surface area (Å²) in [6.07, 6.45) is 0.939. The fourth-order valence-electron chi connectivity index (χ4n) is 2.25.